The van der Waals surface area contributed by atoms with Gasteiger partial charge in [0.05, 0.1) is 11.4 Å². The largest absolute Gasteiger partial charge is 0.299 e. The second kappa shape index (κ2) is 9.55. The van der Waals surface area contributed by atoms with Gasteiger partial charge in [0.2, 0.25) is 0 Å². The Morgan fingerprint density at radius 1 is 0.528 bits per heavy atom. The van der Waals surface area contributed by atoms with Crippen LogP contribution < -0.4 is 0 Å². The Bertz CT molecular complexity index is 1580. The lowest BCUT2D eigenvalue weighted by molar-refractivity contribution is -0.117. The maximum absolute atomic E-state index is 13.1. The normalized spacial score (nSPS) is 11.1. The van der Waals surface area contributed by atoms with Gasteiger partial charge in [-0.1, -0.05) is 84.9 Å². The van der Waals surface area contributed by atoms with Gasteiger partial charge in [-0.3, -0.25) is 14.8 Å². The van der Waals surface area contributed by atoms with E-state index in [0.29, 0.717) is 12.8 Å². The molecule has 3 heteroatoms. The Kier molecular flexibility index (Phi) is 5.80. The number of ketones is 1. The molecule has 0 spiro atoms. The van der Waals surface area contributed by atoms with Gasteiger partial charge in [0.25, 0.3) is 0 Å². The number of hydrogen-bond acceptors (Lipinski definition) is 3. The molecule has 6 rings (SSSR count). The predicted octanol–water partition coefficient (Wildman–Crippen LogP) is 7.47. The van der Waals surface area contributed by atoms with Gasteiger partial charge in [-0.15, -0.1) is 0 Å². The Balaban J connectivity index is 1.23. The van der Waals surface area contributed by atoms with E-state index in [1.54, 1.807) is 12.4 Å². The van der Waals surface area contributed by atoms with Gasteiger partial charge < -0.3 is 0 Å². The lowest BCUT2D eigenvalue weighted by Crippen LogP contribution is -2.07. The van der Waals surface area contributed by atoms with Crippen LogP contribution in [0.3, 0.4) is 0 Å². The first-order chi connectivity index (χ1) is 17.7. The van der Waals surface area contributed by atoms with Crippen LogP contribution in [0.1, 0.15) is 11.1 Å². The van der Waals surface area contributed by atoms with Gasteiger partial charge >= 0.3 is 0 Å². The number of Topliss-reactive ketones (excluding diaryl/α,β-unsaturated/α-hetero) is 1. The van der Waals surface area contributed by atoms with Gasteiger partial charge in [-0.25, -0.2) is 0 Å². The van der Waals surface area contributed by atoms with E-state index in [9.17, 15) is 4.79 Å². The highest BCUT2D eigenvalue weighted by molar-refractivity contribution is 5.97. The summed E-state index contributed by atoms with van der Waals surface area (Å²) in [5.74, 6) is 0.167. The van der Waals surface area contributed by atoms with E-state index >= 15 is 0 Å². The van der Waals surface area contributed by atoms with Crippen molar-refractivity contribution in [1.29, 1.82) is 0 Å². The lowest BCUT2D eigenvalue weighted by atomic mass is 9.98. The average Bonchev–Trinajstić information content (AvgIpc) is 2.92. The summed E-state index contributed by atoms with van der Waals surface area (Å²) in [6.45, 7) is 0. The minimum Gasteiger partial charge on any atom is -0.299 e. The van der Waals surface area contributed by atoms with Crippen molar-refractivity contribution in [3.8, 4) is 22.5 Å². The summed E-state index contributed by atoms with van der Waals surface area (Å²) in [6, 6.07) is 37.0. The maximum Gasteiger partial charge on any atom is 0.141 e. The van der Waals surface area contributed by atoms with Crippen LogP contribution in [0, 0.1) is 0 Å². The molecule has 0 bridgehead atoms. The molecule has 0 aliphatic heterocycles. The lowest BCUT2D eigenvalue weighted by Gasteiger charge is -2.09. The topological polar surface area (TPSA) is 42.9 Å². The molecule has 6 aromatic rings. The molecule has 0 atom stereocenters. The summed E-state index contributed by atoms with van der Waals surface area (Å²) in [6.07, 6.45) is 4.33. The number of rotatable bonds is 6. The van der Waals surface area contributed by atoms with E-state index in [-0.39, 0.29) is 5.78 Å². The van der Waals surface area contributed by atoms with Crippen molar-refractivity contribution in [3.63, 3.8) is 0 Å². The third kappa shape index (κ3) is 4.39. The number of nitrogens with zero attached hydrogens (tertiary/aromatic N) is 2. The first-order valence-corrected chi connectivity index (χ1v) is 12.1. The summed E-state index contributed by atoms with van der Waals surface area (Å²) in [4.78, 5) is 22.3. The van der Waals surface area contributed by atoms with Gasteiger partial charge in [0.1, 0.15) is 5.78 Å². The third-order valence-electron chi connectivity index (χ3n) is 6.58. The zero-order chi connectivity index (χ0) is 24.3. The van der Waals surface area contributed by atoms with Crippen molar-refractivity contribution in [3.05, 3.63) is 133 Å². The van der Waals surface area contributed by atoms with Gasteiger partial charge in [0.15, 0.2) is 0 Å². The van der Waals surface area contributed by atoms with Crippen molar-refractivity contribution in [2.75, 3.05) is 0 Å². The molecule has 36 heavy (non-hydrogen) atoms. The molecule has 0 saturated carbocycles. The minimum atomic E-state index is 0.167. The van der Waals surface area contributed by atoms with Crippen LogP contribution in [0.15, 0.2) is 122 Å². The molecule has 0 radical (unpaired) electrons. The fourth-order valence-corrected chi connectivity index (χ4v) is 4.88. The zero-order valence-electron chi connectivity index (χ0n) is 19.8. The maximum atomic E-state index is 13.1. The van der Waals surface area contributed by atoms with Gasteiger partial charge in [-0.2, -0.15) is 0 Å². The number of benzene rings is 4. The van der Waals surface area contributed by atoms with Crippen LogP contribution in [0.5, 0.6) is 0 Å². The predicted molar refractivity (Wildman–Crippen MR) is 147 cm³/mol. The molecule has 0 fully saturated rings. The Morgan fingerprint density at radius 2 is 0.972 bits per heavy atom. The Hall–Kier alpha value is -4.63. The molecule has 2 heterocycles. The quantitative estimate of drug-likeness (QED) is 0.257. The fraction of sp³-hybridized carbons (Fsp3) is 0.0606. The molecule has 172 valence electrons. The molecular formula is C33H24N2O. The summed E-state index contributed by atoms with van der Waals surface area (Å²) in [5, 5.41) is 4.68. The fourth-order valence-electron chi connectivity index (χ4n) is 4.88. The number of carbonyl (C=O) groups is 1. The number of carbonyl (C=O) groups excluding carboxylic acids is 1. The van der Waals surface area contributed by atoms with Crippen LogP contribution in [0.4, 0.5) is 0 Å². The first-order valence-electron chi connectivity index (χ1n) is 12.1. The first kappa shape index (κ1) is 21.9. The number of aromatic nitrogens is 2. The van der Waals surface area contributed by atoms with E-state index in [4.69, 9.17) is 0 Å². The van der Waals surface area contributed by atoms with Crippen LogP contribution in [-0.4, -0.2) is 15.8 Å². The molecule has 2 aromatic heterocycles. The van der Waals surface area contributed by atoms with Crippen molar-refractivity contribution >= 4 is 27.3 Å². The van der Waals surface area contributed by atoms with E-state index in [1.165, 1.54) is 10.8 Å². The summed E-state index contributed by atoms with van der Waals surface area (Å²) >= 11 is 0. The van der Waals surface area contributed by atoms with Crippen LogP contribution in [0.25, 0.3) is 44.1 Å². The van der Waals surface area contributed by atoms with Crippen molar-refractivity contribution in [1.82, 2.24) is 9.97 Å². The third-order valence-corrected chi connectivity index (χ3v) is 6.58. The number of pyridine rings is 2. The van der Waals surface area contributed by atoms with Crippen LogP contribution >= 0.6 is 0 Å². The molecule has 0 N–H and O–H groups in total. The summed E-state index contributed by atoms with van der Waals surface area (Å²) < 4.78 is 0. The Labute approximate surface area is 210 Å². The van der Waals surface area contributed by atoms with Crippen LogP contribution in [0.2, 0.25) is 0 Å². The van der Waals surface area contributed by atoms with E-state index in [0.717, 1.165) is 44.4 Å². The highest BCUT2D eigenvalue weighted by atomic mass is 16.1. The molecule has 0 saturated heterocycles. The van der Waals surface area contributed by atoms with E-state index in [2.05, 4.69) is 58.5 Å². The van der Waals surface area contributed by atoms with Crippen molar-refractivity contribution < 1.29 is 4.79 Å². The molecule has 3 nitrogen and oxygen atoms in total. The van der Waals surface area contributed by atoms with Crippen LogP contribution in [-0.2, 0) is 17.6 Å². The van der Waals surface area contributed by atoms with Crippen molar-refractivity contribution in [2.24, 2.45) is 0 Å². The zero-order valence-corrected chi connectivity index (χ0v) is 19.8. The van der Waals surface area contributed by atoms with E-state index in [1.807, 2.05) is 60.7 Å². The molecule has 0 aliphatic carbocycles. The van der Waals surface area contributed by atoms with Gasteiger partial charge in [-0.05, 0) is 56.9 Å². The minimum absolute atomic E-state index is 0.167. The SMILES string of the molecule is O=C(Cc1ccnc(-c2cccc3ccccc23)c1)Cc1ccnc(-c2cccc3ccccc23)c1. The Morgan fingerprint density at radius 3 is 1.47 bits per heavy atom. The monoisotopic (exact) mass is 464 g/mol. The van der Waals surface area contributed by atoms with E-state index < -0.39 is 0 Å². The van der Waals surface area contributed by atoms with Gasteiger partial charge in [0, 0.05) is 36.4 Å². The number of fused-ring (bicyclic) bond motifs is 2. The number of hydrogen-bond donors (Lipinski definition) is 0. The summed E-state index contributed by atoms with van der Waals surface area (Å²) in [7, 11) is 0. The molecule has 0 aliphatic rings. The highest BCUT2D eigenvalue weighted by Crippen LogP contribution is 2.29. The highest BCUT2D eigenvalue weighted by Gasteiger charge is 2.11. The average molecular weight is 465 g/mol. The second-order valence-corrected chi connectivity index (χ2v) is 9.04. The molecule has 4 aromatic carbocycles. The smallest absolute Gasteiger partial charge is 0.141 e. The summed E-state index contributed by atoms with van der Waals surface area (Å²) in [5.41, 5.74) is 5.88. The standard InChI is InChI=1S/C33H24N2O/c36-27(19-23-15-17-34-32(21-23)30-13-5-9-25-7-1-3-11-28(25)30)20-24-16-18-35-33(22-24)31-14-6-10-26-8-2-4-12-29(26)31/h1-18,21-22H,19-20H2. The molecular weight excluding hydrogens is 440 g/mol. The second-order valence-electron chi connectivity index (χ2n) is 9.04. The van der Waals surface area contributed by atoms with Crippen molar-refractivity contribution in [2.45, 2.75) is 12.8 Å². The molecule has 0 amide bonds. The molecule has 0 unspecified atom stereocenters.